The quantitative estimate of drug-likeness (QED) is 0.808. The van der Waals surface area contributed by atoms with Gasteiger partial charge in [0.05, 0.1) is 0 Å². The molecule has 0 aromatic rings. The second kappa shape index (κ2) is 5.07. The molecule has 17 heavy (non-hydrogen) atoms. The topological polar surface area (TPSA) is 55.4 Å². The predicted molar refractivity (Wildman–Crippen MR) is 65.8 cm³/mol. The molecule has 1 amide bonds. The molecule has 0 radical (unpaired) electrons. The Morgan fingerprint density at radius 2 is 2.12 bits per heavy atom. The number of Topliss-reactive ketones (excluding diaryl/α,β-unsaturated/α-hetero) is 1. The lowest BCUT2D eigenvalue weighted by Gasteiger charge is -2.33. The summed E-state index contributed by atoms with van der Waals surface area (Å²) >= 11 is 0. The van der Waals surface area contributed by atoms with Crippen molar-refractivity contribution in [1.82, 2.24) is 5.32 Å². The number of carbonyl (C=O) groups excluding carboxylic acids is 2. The van der Waals surface area contributed by atoms with E-state index in [9.17, 15) is 9.59 Å². The van der Waals surface area contributed by atoms with Crippen LogP contribution in [0.2, 0.25) is 0 Å². The van der Waals surface area contributed by atoms with Crippen molar-refractivity contribution in [3.8, 4) is 0 Å². The summed E-state index contributed by atoms with van der Waals surface area (Å²) in [4.78, 5) is 22.9. The number of hydrogen-bond donors (Lipinski definition) is 1. The number of ketones is 1. The first-order chi connectivity index (χ1) is 7.70. The van der Waals surface area contributed by atoms with Crippen molar-refractivity contribution in [2.45, 2.75) is 59.0 Å². The van der Waals surface area contributed by atoms with E-state index in [0.29, 0.717) is 25.2 Å². The van der Waals surface area contributed by atoms with E-state index in [2.05, 4.69) is 5.32 Å². The van der Waals surface area contributed by atoms with Gasteiger partial charge < -0.3 is 10.1 Å². The van der Waals surface area contributed by atoms with Gasteiger partial charge in [-0.1, -0.05) is 6.92 Å². The fourth-order valence-corrected chi connectivity index (χ4v) is 2.12. The van der Waals surface area contributed by atoms with Gasteiger partial charge in [0.2, 0.25) is 0 Å². The third-order valence-corrected chi connectivity index (χ3v) is 2.92. The molecule has 0 unspecified atom stereocenters. The van der Waals surface area contributed by atoms with Crippen molar-refractivity contribution >= 4 is 11.9 Å². The molecular formula is C13H23NO3. The fourth-order valence-electron chi connectivity index (χ4n) is 2.12. The van der Waals surface area contributed by atoms with Gasteiger partial charge in [-0.05, 0) is 39.0 Å². The molecular weight excluding hydrogens is 218 g/mol. The van der Waals surface area contributed by atoms with E-state index in [1.165, 1.54) is 0 Å². The van der Waals surface area contributed by atoms with E-state index < -0.39 is 11.7 Å². The lowest BCUT2D eigenvalue weighted by molar-refractivity contribution is -0.123. The van der Waals surface area contributed by atoms with Gasteiger partial charge in [-0.2, -0.15) is 0 Å². The molecule has 1 saturated carbocycles. The molecule has 0 bridgehead atoms. The van der Waals surface area contributed by atoms with E-state index in [1.807, 2.05) is 27.7 Å². The standard InChI is InChI=1S/C13H23NO3/c1-12(2,3)17-11(16)14-9-13(4)7-5-6-10(15)8-13/h5-9H2,1-4H3,(H,14,16)/t13-/m0/s1. The molecule has 1 N–H and O–H groups in total. The largest absolute Gasteiger partial charge is 0.444 e. The van der Waals surface area contributed by atoms with Crippen LogP contribution in [0.3, 0.4) is 0 Å². The summed E-state index contributed by atoms with van der Waals surface area (Å²) in [6.45, 7) is 8.05. The number of ether oxygens (including phenoxy) is 1. The summed E-state index contributed by atoms with van der Waals surface area (Å²) in [5.41, 5.74) is -0.584. The minimum atomic E-state index is -0.479. The highest BCUT2D eigenvalue weighted by atomic mass is 16.6. The minimum Gasteiger partial charge on any atom is -0.444 e. The highest BCUT2D eigenvalue weighted by molar-refractivity contribution is 5.80. The zero-order chi connectivity index (χ0) is 13.1. The normalized spacial score (nSPS) is 25.5. The summed E-state index contributed by atoms with van der Waals surface area (Å²) in [7, 11) is 0. The molecule has 0 aromatic heterocycles. The third-order valence-electron chi connectivity index (χ3n) is 2.92. The maximum Gasteiger partial charge on any atom is 0.407 e. The van der Waals surface area contributed by atoms with E-state index in [0.717, 1.165) is 12.8 Å². The van der Waals surface area contributed by atoms with Crippen molar-refractivity contribution in [3.05, 3.63) is 0 Å². The van der Waals surface area contributed by atoms with Crippen LogP contribution < -0.4 is 5.32 Å². The van der Waals surface area contributed by atoms with Crippen LogP contribution in [0.25, 0.3) is 0 Å². The molecule has 4 heteroatoms. The van der Waals surface area contributed by atoms with Crippen molar-refractivity contribution in [2.24, 2.45) is 5.41 Å². The highest BCUT2D eigenvalue weighted by Crippen LogP contribution is 2.33. The molecule has 0 heterocycles. The van der Waals surface area contributed by atoms with Crippen molar-refractivity contribution in [3.63, 3.8) is 0 Å². The molecule has 1 aliphatic carbocycles. The Bertz CT molecular complexity index is 306. The second-order valence-electron chi connectivity index (χ2n) is 6.24. The van der Waals surface area contributed by atoms with Crippen LogP contribution in [0.1, 0.15) is 53.4 Å². The first kappa shape index (κ1) is 14.0. The van der Waals surface area contributed by atoms with Crippen LogP contribution in [-0.2, 0) is 9.53 Å². The van der Waals surface area contributed by atoms with Crippen LogP contribution in [0.5, 0.6) is 0 Å². The van der Waals surface area contributed by atoms with Gasteiger partial charge in [-0.15, -0.1) is 0 Å². The number of alkyl carbamates (subject to hydrolysis) is 1. The molecule has 98 valence electrons. The fraction of sp³-hybridized carbons (Fsp3) is 0.846. The Balaban J connectivity index is 2.39. The Morgan fingerprint density at radius 1 is 1.47 bits per heavy atom. The number of carbonyl (C=O) groups is 2. The number of amides is 1. The van der Waals surface area contributed by atoms with Gasteiger partial charge in [0, 0.05) is 19.4 Å². The van der Waals surface area contributed by atoms with E-state index in [1.54, 1.807) is 0 Å². The monoisotopic (exact) mass is 241 g/mol. The molecule has 1 atom stereocenters. The van der Waals surface area contributed by atoms with Crippen LogP contribution in [0.4, 0.5) is 4.79 Å². The third kappa shape index (κ3) is 5.20. The molecule has 0 saturated heterocycles. The smallest absolute Gasteiger partial charge is 0.407 e. The lowest BCUT2D eigenvalue weighted by atomic mass is 9.75. The molecule has 1 fully saturated rings. The Kier molecular flexibility index (Phi) is 4.17. The van der Waals surface area contributed by atoms with E-state index in [-0.39, 0.29) is 5.41 Å². The summed E-state index contributed by atoms with van der Waals surface area (Å²) in [6.07, 6.45) is 2.74. The first-order valence-corrected chi connectivity index (χ1v) is 6.19. The lowest BCUT2D eigenvalue weighted by Crippen LogP contribution is -2.41. The van der Waals surface area contributed by atoms with Gasteiger partial charge in [0.25, 0.3) is 0 Å². The van der Waals surface area contributed by atoms with Crippen molar-refractivity contribution in [2.75, 3.05) is 6.54 Å². The Hall–Kier alpha value is -1.06. The summed E-state index contributed by atoms with van der Waals surface area (Å²) in [5.74, 6) is 0.296. The average Bonchev–Trinajstić information content (AvgIpc) is 2.12. The maximum atomic E-state index is 11.5. The summed E-state index contributed by atoms with van der Waals surface area (Å²) in [6, 6.07) is 0. The SMILES string of the molecule is CC(C)(C)OC(=O)NC[C@@]1(C)CCCC(=O)C1. The molecule has 1 rings (SSSR count). The van der Waals surface area contributed by atoms with Crippen LogP contribution in [0, 0.1) is 5.41 Å². The van der Waals surface area contributed by atoms with Gasteiger partial charge in [-0.3, -0.25) is 4.79 Å². The predicted octanol–water partition coefficient (Wildman–Crippen LogP) is 2.66. The molecule has 0 aliphatic heterocycles. The van der Waals surface area contributed by atoms with Crippen molar-refractivity contribution < 1.29 is 14.3 Å². The van der Waals surface area contributed by atoms with Gasteiger partial charge in [-0.25, -0.2) is 4.79 Å². The number of nitrogens with one attached hydrogen (secondary N) is 1. The molecule has 1 aliphatic rings. The van der Waals surface area contributed by atoms with E-state index in [4.69, 9.17) is 4.74 Å². The Labute approximate surface area is 103 Å². The van der Waals surface area contributed by atoms with Gasteiger partial charge >= 0.3 is 6.09 Å². The van der Waals surface area contributed by atoms with Gasteiger partial charge in [0.15, 0.2) is 0 Å². The molecule has 0 spiro atoms. The Morgan fingerprint density at radius 3 is 2.65 bits per heavy atom. The zero-order valence-corrected chi connectivity index (χ0v) is 11.3. The molecule has 0 aromatic carbocycles. The average molecular weight is 241 g/mol. The highest BCUT2D eigenvalue weighted by Gasteiger charge is 2.31. The van der Waals surface area contributed by atoms with Crippen LogP contribution in [0.15, 0.2) is 0 Å². The summed E-state index contributed by atoms with van der Waals surface area (Å²) < 4.78 is 5.17. The van der Waals surface area contributed by atoms with Crippen LogP contribution >= 0.6 is 0 Å². The molecule has 4 nitrogen and oxygen atoms in total. The van der Waals surface area contributed by atoms with E-state index >= 15 is 0 Å². The first-order valence-electron chi connectivity index (χ1n) is 6.19. The number of hydrogen-bond acceptors (Lipinski definition) is 3. The van der Waals surface area contributed by atoms with Crippen LogP contribution in [-0.4, -0.2) is 24.0 Å². The maximum absolute atomic E-state index is 11.5. The second-order valence-corrected chi connectivity index (χ2v) is 6.24. The zero-order valence-electron chi connectivity index (χ0n) is 11.3. The number of rotatable bonds is 2. The summed E-state index contributed by atoms with van der Waals surface area (Å²) in [5, 5.41) is 2.76. The van der Waals surface area contributed by atoms with Crippen molar-refractivity contribution in [1.29, 1.82) is 0 Å². The minimum absolute atomic E-state index is 0.105. The van der Waals surface area contributed by atoms with Gasteiger partial charge in [0.1, 0.15) is 11.4 Å².